The van der Waals surface area contributed by atoms with Crippen LogP contribution in [-0.4, -0.2) is 46.1 Å². The molecule has 0 atom stereocenters. The molecular formula is C27H35N5O4. The molecule has 0 unspecified atom stereocenters. The summed E-state index contributed by atoms with van der Waals surface area (Å²) in [6.45, 7) is 13.1. The summed E-state index contributed by atoms with van der Waals surface area (Å²) in [6.07, 6.45) is 1.39. The number of hydrogen-bond donors (Lipinski definition) is 2. The molecule has 1 aliphatic heterocycles. The van der Waals surface area contributed by atoms with Crippen molar-refractivity contribution in [3.63, 3.8) is 0 Å². The molecule has 0 bridgehead atoms. The highest BCUT2D eigenvalue weighted by Gasteiger charge is 2.23. The predicted molar refractivity (Wildman–Crippen MR) is 138 cm³/mol. The molecule has 1 saturated heterocycles. The summed E-state index contributed by atoms with van der Waals surface area (Å²) >= 11 is 0. The van der Waals surface area contributed by atoms with Gasteiger partial charge in [0.25, 0.3) is 0 Å². The fourth-order valence-electron chi connectivity index (χ4n) is 4.19. The minimum atomic E-state index is -0.551. The fourth-order valence-corrected chi connectivity index (χ4v) is 4.19. The van der Waals surface area contributed by atoms with Gasteiger partial charge in [0.1, 0.15) is 17.2 Å². The fraction of sp³-hybridized carbons (Fsp3) is 0.481. The van der Waals surface area contributed by atoms with Crippen molar-refractivity contribution in [3.8, 4) is 22.6 Å². The standard InChI is InChI=1S/C27H35N5O4/c1-16-23(22-17(2)32-36-18(22)3)30-25(31-24(16)29-21-10-12-34-13-11-21)20-9-7-8-19(14-20)15-28-26(33)35-27(4,5)6/h7-9,14,21H,10-13,15H2,1-6H3,(H,28,33)(H,29,30,31). The number of anilines is 1. The molecule has 2 aromatic heterocycles. The zero-order chi connectivity index (χ0) is 25.9. The van der Waals surface area contributed by atoms with Gasteiger partial charge in [0.15, 0.2) is 5.82 Å². The molecule has 192 valence electrons. The molecule has 3 heterocycles. The van der Waals surface area contributed by atoms with E-state index in [-0.39, 0.29) is 6.04 Å². The summed E-state index contributed by atoms with van der Waals surface area (Å²) < 4.78 is 16.3. The van der Waals surface area contributed by atoms with Crippen LogP contribution < -0.4 is 10.6 Å². The Morgan fingerprint density at radius 2 is 1.89 bits per heavy atom. The third-order valence-corrected chi connectivity index (χ3v) is 6.00. The lowest BCUT2D eigenvalue weighted by Crippen LogP contribution is -2.32. The highest BCUT2D eigenvalue weighted by molar-refractivity contribution is 5.74. The van der Waals surface area contributed by atoms with Gasteiger partial charge in [0.2, 0.25) is 0 Å². The van der Waals surface area contributed by atoms with E-state index in [1.54, 1.807) is 0 Å². The number of alkyl carbamates (subject to hydrolysis) is 1. The number of rotatable bonds is 6. The Bertz CT molecular complexity index is 1210. The monoisotopic (exact) mass is 493 g/mol. The Morgan fingerprint density at radius 1 is 1.14 bits per heavy atom. The molecule has 0 radical (unpaired) electrons. The second-order valence-electron chi connectivity index (χ2n) is 10.2. The number of benzene rings is 1. The van der Waals surface area contributed by atoms with Gasteiger partial charge in [-0.2, -0.15) is 0 Å². The van der Waals surface area contributed by atoms with Gasteiger partial charge in [-0.3, -0.25) is 0 Å². The van der Waals surface area contributed by atoms with E-state index < -0.39 is 11.7 Å². The van der Waals surface area contributed by atoms with Crippen molar-refractivity contribution in [3.05, 3.63) is 46.8 Å². The summed E-state index contributed by atoms with van der Waals surface area (Å²) in [7, 11) is 0. The van der Waals surface area contributed by atoms with Crippen molar-refractivity contribution in [2.45, 2.75) is 72.6 Å². The lowest BCUT2D eigenvalue weighted by atomic mass is 10.0. The van der Waals surface area contributed by atoms with E-state index in [4.69, 9.17) is 24.0 Å². The van der Waals surface area contributed by atoms with Gasteiger partial charge in [-0.1, -0.05) is 23.4 Å². The third kappa shape index (κ3) is 6.20. The van der Waals surface area contributed by atoms with Crippen molar-refractivity contribution in [2.75, 3.05) is 18.5 Å². The Hall–Kier alpha value is -3.46. The van der Waals surface area contributed by atoms with Gasteiger partial charge in [-0.05, 0) is 66.0 Å². The molecule has 3 aromatic rings. The van der Waals surface area contributed by atoms with Crippen LogP contribution in [0.25, 0.3) is 22.6 Å². The van der Waals surface area contributed by atoms with Crippen LogP contribution in [0.1, 0.15) is 56.2 Å². The van der Waals surface area contributed by atoms with E-state index in [2.05, 4.69) is 15.8 Å². The Balaban J connectivity index is 1.67. The van der Waals surface area contributed by atoms with Crippen molar-refractivity contribution in [1.29, 1.82) is 0 Å². The second kappa shape index (κ2) is 10.7. The van der Waals surface area contributed by atoms with Gasteiger partial charge < -0.3 is 24.6 Å². The first-order chi connectivity index (χ1) is 17.1. The van der Waals surface area contributed by atoms with Crippen molar-refractivity contribution < 1.29 is 18.8 Å². The maximum absolute atomic E-state index is 12.1. The van der Waals surface area contributed by atoms with Crippen molar-refractivity contribution in [1.82, 2.24) is 20.4 Å². The summed E-state index contributed by atoms with van der Waals surface area (Å²) in [6, 6.07) is 8.12. The van der Waals surface area contributed by atoms with E-state index >= 15 is 0 Å². The summed E-state index contributed by atoms with van der Waals surface area (Å²) in [5.41, 5.74) is 4.62. The first kappa shape index (κ1) is 25.6. The quantitative estimate of drug-likeness (QED) is 0.473. The molecule has 1 aromatic carbocycles. The molecule has 0 saturated carbocycles. The molecule has 9 nitrogen and oxygen atoms in total. The first-order valence-corrected chi connectivity index (χ1v) is 12.3. The molecule has 1 amide bonds. The zero-order valence-corrected chi connectivity index (χ0v) is 21.9. The first-order valence-electron chi connectivity index (χ1n) is 12.3. The molecular weight excluding hydrogens is 458 g/mol. The number of amides is 1. The number of nitrogens with zero attached hydrogens (tertiary/aromatic N) is 3. The highest BCUT2D eigenvalue weighted by atomic mass is 16.6. The second-order valence-corrected chi connectivity index (χ2v) is 10.2. The molecule has 0 spiro atoms. The van der Waals surface area contributed by atoms with Crippen LogP contribution in [0.4, 0.5) is 10.6 Å². The number of hydrogen-bond acceptors (Lipinski definition) is 8. The van der Waals surface area contributed by atoms with Gasteiger partial charge in [0, 0.05) is 36.9 Å². The van der Waals surface area contributed by atoms with Crippen LogP contribution in [0.2, 0.25) is 0 Å². The van der Waals surface area contributed by atoms with E-state index in [0.29, 0.717) is 18.1 Å². The smallest absolute Gasteiger partial charge is 0.407 e. The maximum atomic E-state index is 12.1. The van der Waals surface area contributed by atoms with Crippen LogP contribution in [0, 0.1) is 20.8 Å². The molecule has 1 fully saturated rings. The average Bonchev–Trinajstić information content (AvgIpc) is 3.16. The summed E-state index contributed by atoms with van der Waals surface area (Å²) in [4.78, 5) is 22.0. The lowest BCUT2D eigenvalue weighted by Gasteiger charge is -2.25. The maximum Gasteiger partial charge on any atom is 0.407 e. The van der Waals surface area contributed by atoms with Gasteiger partial charge in [-0.15, -0.1) is 0 Å². The predicted octanol–water partition coefficient (Wildman–Crippen LogP) is 5.34. The van der Waals surface area contributed by atoms with Gasteiger partial charge in [0.05, 0.1) is 17.0 Å². The molecule has 1 aliphatic rings. The SMILES string of the molecule is Cc1noc(C)c1-c1nc(-c2cccc(CNC(=O)OC(C)(C)C)c2)nc(NC2CCOCC2)c1C. The topological polar surface area (TPSA) is 111 Å². The van der Waals surface area contributed by atoms with Crippen molar-refractivity contribution >= 4 is 11.9 Å². The van der Waals surface area contributed by atoms with Crippen LogP contribution in [-0.2, 0) is 16.0 Å². The van der Waals surface area contributed by atoms with E-state index in [1.165, 1.54) is 0 Å². The minimum absolute atomic E-state index is 0.280. The number of carbonyl (C=O) groups is 1. The molecule has 4 rings (SSSR count). The average molecular weight is 494 g/mol. The molecule has 36 heavy (non-hydrogen) atoms. The van der Waals surface area contributed by atoms with Crippen molar-refractivity contribution in [2.24, 2.45) is 0 Å². The number of carbonyl (C=O) groups excluding carboxylic acids is 1. The molecule has 9 heteroatoms. The van der Waals surface area contributed by atoms with E-state index in [1.807, 2.05) is 65.8 Å². The van der Waals surface area contributed by atoms with Gasteiger partial charge >= 0.3 is 6.09 Å². The number of nitrogens with one attached hydrogen (secondary N) is 2. The normalized spacial score (nSPS) is 14.5. The van der Waals surface area contributed by atoms with Crippen LogP contribution in [0.15, 0.2) is 28.8 Å². The summed E-state index contributed by atoms with van der Waals surface area (Å²) in [5.74, 6) is 2.09. The van der Waals surface area contributed by atoms with E-state index in [0.717, 1.165) is 65.5 Å². The summed E-state index contributed by atoms with van der Waals surface area (Å²) in [5, 5.41) is 10.6. The molecule has 2 N–H and O–H groups in total. The van der Waals surface area contributed by atoms with Gasteiger partial charge in [-0.25, -0.2) is 14.8 Å². The van der Waals surface area contributed by atoms with E-state index in [9.17, 15) is 4.79 Å². The minimum Gasteiger partial charge on any atom is -0.444 e. The largest absolute Gasteiger partial charge is 0.444 e. The lowest BCUT2D eigenvalue weighted by molar-refractivity contribution is 0.0523. The van der Waals surface area contributed by atoms with Crippen LogP contribution >= 0.6 is 0 Å². The number of aromatic nitrogens is 3. The Labute approximate surface area is 212 Å². The number of ether oxygens (including phenoxy) is 2. The molecule has 0 aliphatic carbocycles. The Kier molecular flexibility index (Phi) is 7.59. The Morgan fingerprint density at radius 3 is 2.56 bits per heavy atom. The third-order valence-electron chi connectivity index (χ3n) is 6.00. The highest BCUT2D eigenvalue weighted by Crippen LogP contribution is 2.33. The van der Waals surface area contributed by atoms with Crippen LogP contribution in [0.3, 0.4) is 0 Å². The number of aryl methyl sites for hydroxylation is 2. The van der Waals surface area contributed by atoms with Crippen LogP contribution in [0.5, 0.6) is 0 Å². The zero-order valence-electron chi connectivity index (χ0n) is 21.9.